The zero-order valence-electron chi connectivity index (χ0n) is 8.04. The zero-order chi connectivity index (χ0) is 9.23. The second kappa shape index (κ2) is 12.2. The third-order valence-electron chi connectivity index (χ3n) is 1.63. The number of alkyl halides is 1. The van der Waals surface area contributed by atoms with Gasteiger partial charge in [0.25, 0.3) is 0 Å². The molecule has 0 spiro atoms. The molecule has 0 bridgehead atoms. The number of hydrogen-bond acceptors (Lipinski definition) is 1. The molecular formula is C10H19BrClN. The molecule has 0 saturated carbocycles. The van der Waals surface area contributed by atoms with Gasteiger partial charge in [-0.1, -0.05) is 28.1 Å². The Morgan fingerprint density at radius 3 is 2.00 bits per heavy atom. The second-order valence-corrected chi connectivity index (χ2v) is 3.53. The molecule has 0 aliphatic heterocycles. The van der Waals surface area contributed by atoms with E-state index in [0.29, 0.717) is 0 Å². The summed E-state index contributed by atoms with van der Waals surface area (Å²) in [5.74, 6) is 0. The van der Waals surface area contributed by atoms with Crippen molar-refractivity contribution >= 4 is 28.3 Å². The first-order chi connectivity index (χ1) is 5.85. The van der Waals surface area contributed by atoms with Crippen LogP contribution in [0.15, 0.2) is 25.3 Å². The monoisotopic (exact) mass is 267 g/mol. The van der Waals surface area contributed by atoms with E-state index in [0.717, 1.165) is 25.0 Å². The number of unbranched alkanes of at least 4 members (excludes halogenated alkanes) is 1. The van der Waals surface area contributed by atoms with Gasteiger partial charge in [0, 0.05) is 18.4 Å². The summed E-state index contributed by atoms with van der Waals surface area (Å²) in [5.41, 5.74) is 0. The maximum Gasteiger partial charge on any atom is 0.0163 e. The first kappa shape index (κ1) is 15.7. The first-order valence-electron chi connectivity index (χ1n) is 4.35. The Bertz CT molecular complexity index is 118. The molecule has 0 heterocycles. The number of hydrogen-bond donors (Lipinski definition) is 0. The van der Waals surface area contributed by atoms with E-state index in [1.807, 2.05) is 12.2 Å². The van der Waals surface area contributed by atoms with Gasteiger partial charge in [0.05, 0.1) is 0 Å². The van der Waals surface area contributed by atoms with Gasteiger partial charge in [-0.05, 0) is 19.4 Å². The normalized spacial score (nSPS) is 9.38. The molecule has 13 heavy (non-hydrogen) atoms. The van der Waals surface area contributed by atoms with Crippen molar-refractivity contribution < 1.29 is 0 Å². The summed E-state index contributed by atoms with van der Waals surface area (Å²) in [5, 5.41) is 1.10. The minimum absolute atomic E-state index is 0. The maximum atomic E-state index is 3.73. The van der Waals surface area contributed by atoms with Crippen LogP contribution in [0.1, 0.15) is 12.8 Å². The summed E-state index contributed by atoms with van der Waals surface area (Å²) in [6, 6.07) is 0. The highest BCUT2D eigenvalue weighted by molar-refractivity contribution is 9.09. The smallest absolute Gasteiger partial charge is 0.0163 e. The van der Waals surface area contributed by atoms with Gasteiger partial charge in [0.1, 0.15) is 0 Å². The average Bonchev–Trinajstić information content (AvgIpc) is 2.06. The molecule has 0 aliphatic rings. The van der Waals surface area contributed by atoms with E-state index in [4.69, 9.17) is 0 Å². The van der Waals surface area contributed by atoms with Crippen molar-refractivity contribution in [2.24, 2.45) is 0 Å². The van der Waals surface area contributed by atoms with Gasteiger partial charge < -0.3 is 0 Å². The number of halogens is 2. The molecule has 78 valence electrons. The zero-order valence-corrected chi connectivity index (χ0v) is 10.4. The fourth-order valence-electron chi connectivity index (χ4n) is 1.05. The molecule has 0 aliphatic carbocycles. The molecule has 0 aromatic heterocycles. The molecule has 3 heteroatoms. The lowest BCUT2D eigenvalue weighted by atomic mass is 10.3. The average molecular weight is 269 g/mol. The highest BCUT2D eigenvalue weighted by Crippen LogP contribution is 1.98. The molecule has 0 rings (SSSR count). The molecule has 0 aromatic carbocycles. The topological polar surface area (TPSA) is 3.24 Å². The SMILES string of the molecule is C=CCN(CC=C)CCCCBr.Cl. The van der Waals surface area contributed by atoms with Crippen LogP contribution in [0.5, 0.6) is 0 Å². The van der Waals surface area contributed by atoms with Crippen molar-refractivity contribution in [2.75, 3.05) is 25.0 Å². The molecule has 0 radical (unpaired) electrons. The minimum atomic E-state index is 0. The van der Waals surface area contributed by atoms with Crippen LogP contribution < -0.4 is 0 Å². The van der Waals surface area contributed by atoms with Gasteiger partial charge in [-0.15, -0.1) is 25.6 Å². The Labute approximate surface area is 96.4 Å². The number of nitrogens with zero attached hydrogens (tertiary/aromatic N) is 1. The van der Waals surface area contributed by atoms with Gasteiger partial charge in [0.15, 0.2) is 0 Å². The highest BCUT2D eigenvalue weighted by atomic mass is 79.9. The van der Waals surface area contributed by atoms with E-state index >= 15 is 0 Å². The fourth-order valence-corrected chi connectivity index (χ4v) is 1.45. The minimum Gasteiger partial charge on any atom is -0.296 e. The van der Waals surface area contributed by atoms with Crippen molar-refractivity contribution in [3.8, 4) is 0 Å². The lowest BCUT2D eigenvalue weighted by Crippen LogP contribution is -2.25. The van der Waals surface area contributed by atoms with Gasteiger partial charge in [-0.2, -0.15) is 0 Å². The second-order valence-electron chi connectivity index (χ2n) is 2.73. The maximum absolute atomic E-state index is 3.73. The van der Waals surface area contributed by atoms with E-state index in [1.54, 1.807) is 0 Å². The van der Waals surface area contributed by atoms with Crippen LogP contribution in [0.2, 0.25) is 0 Å². The molecule has 0 N–H and O–H groups in total. The molecule has 0 amide bonds. The van der Waals surface area contributed by atoms with Crippen molar-refractivity contribution in [1.29, 1.82) is 0 Å². The lowest BCUT2D eigenvalue weighted by molar-refractivity contribution is 0.329. The fraction of sp³-hybridized carbons (Fsp3) is 0.600. The third kappa shape index (κ3) is 10.1. The first-order valence-corrected chi connectivity index (χ1v) is 5.47. The van der Waals surface area contributed by atoms with Crippen molar-refractivity contribution in [2.45, 2.75) is 12.8 Å². The molecule has 0 unspecified atom stereocenters. The molecule has 0 aromatic rings. The highest BCUT2D eigenvalue weighted by Gasteiger charge is 1.98. The Morgan fingerprint density at radius 1 is 1.08 bits per heavy atom. The molecule has 0 saturated heterocycles. The summed E-state index contributed by atoms with van der Waals surface area (Å²) < 4.78 is 0. The number of rotatable bonds is 8. The Hall–Kier alpha value is 0.210. The van der Waals surface area contributed by atoms with Crippen molar-refractivity contribution in [3.05, 3.63) is 25.3 Å². The standard InChI is InChI=1S/C10H18BrN.ClH/c1-3-8-12(9-4-2)10-6-5-7-11;/h3-4H,1-2,5-10H2;1H. The Balaban J connectivity index is 0. The lowest BCUT2D eigenvalue weighted by Gasteiger charge is -2.17. The molecule has 0 atom stereocenters. The predicted octanol–water partition coefficient (Wildman–Crippen LogP) is 3.26. The van der Waals surface area contributed by atoms with Crippen LogP contribution in [0.4, 0.5) is 0 Å². The van der Waals surface area contributed by atoms with E-state index in [2.05, 4.69) is 34.0 Å². The summed E-state index contributed by atoms with van der Waals surface area (Å²) in [6.45, 7) is 10.5. The van der Waals surface area contributed by atoms with Crippen LogP contribution >= 0.6 is 28.3 Å². The Kier molecular flexibility index (Phi) is 14.7. The molecule has 0 fully saturated rings. The van der Waals surface area contributed by atoms with Gasteiger partial charge >= 0.3 is 0 Å². The van der Waals surface area contributed by atoms with Crippen molar-refractivity contribution in [1.82, 2.24) is 4.90 Å². The van der Waals surface area contributed by atoms with Crippen LogP contribution in [0.25, 0.3) is 0 Å². The third-order valence-corrected chi connectivity index (χ3v) is 2.19. The van der Waals surface area contributed by atoms with E-state index in [1.165, 1.54) is 12.8 Å². The summed E-state index contributed by atoms with van der Waals surface area (Å²) >= 11 is 3.42. The quantitative estimate of drug-likeness (QED) is 0.371. The van der Waals surface area contributed by atoms with Crippen molar-refractivity contribution in [3.63, 3.8) is 0 Å². The largest absolute Gasteiger partial charge is 0.296 e. The van der Waals surface area contributed by atoms with Gasteiger partial charge in [0.2, 0.25) is 0 Å². The summed E-state index contributed by atoms with van der Waals surface area (Å²) in [4.78, 5) is 2.34. The van der Waals surface area contributed by atoms with Crippen LogP contribution in [0, 0.1) is 0 Å². The van der Waals surface area contributed by atoms with E-state index in [9.17, 15) is 0 Å². The van der Waals surface area contributed by atoms with Gasteiger partial charge in [-0.25, -0.2) is 0 Å². The van der Waals surface area contributed by atoms with E-state index in [-0.39, 0.29) is 12.4 Å². The summed E-state index contributed by atoms with van der Waals surface area (Å²) in [6.07, 6.45) is 6.37. The van der Waals surface area contributed by atoms with Crippen LogP contribution in [-0.2, 0) is 0 Å². The molecule has 1 nitrogen and oxygen atoms in total. The summed E-state index contributed by atoms with van der Waals surface area (Å²) in [7, 11) is 0. The van der Waals surface area contributed by atoms with Crippen LogP contribution in [0.3, 0.4) is 0 Å². The van der Waals surface area contributed by atoms with E-state index < -0.39 is 0 Å². The van der Waals surface area contributed by atoms with Gasteiger partial charge in [-0.3, -0.25) is 4.90 Å². The van der Waals surface area contributed by atoms with Crippen LogP contribution in [-0.4, -0.2) is 29.9 Å². The molecular weight excluding hydrogens is 249 g/mol. The predicted molar refractivity (Wildman–Crippen MR) is 67.1 cm³/mol. The Morgan fingerprint density at radius 2 is 1.62 bits per heavy atom.